The van der Waals surface area contributed by atoms with E-state index in [-0.39, 0.29) is 0 Å². The maximum absolute atomic E-state index is 3.49. The summed E-state index contributed by atoms with van der Waals surface area (Å²) in [5.74, 6) is 0. The third-order valence-electron chi connectivity index (χ3n) is 2.14. The summed E-state index contributed by atoms with van der Waals surface area (Å²) < 4.78 is 0. The van der Waals surface area contributed by atoms with Crippen LogP contribution in [0, 0.1) is 0 Å². The summed E-state index contributed by atoms with van der Waals surface area (Å²) in [7, 11) is 2.02. The van der Waals surface area contributed by atoms with Crippen LogP contribution in [0.5, 0.6) is 0 Å². The molecule has 0 aliphatic carbocycles. The van der Waals surface area contributed by atoms with Crippen molar-refractivity contribution in [1.29, 1.82) is 0 Å². The molecule has 1 atom stereocenters. The number of hydrogen-bond acceptors (Lipinski definition) is 2. The van der Waals surface area contributed by atoms with Crippen LogP contribution >= 0.6 is 0 Å². The van der Waals surface area contributed by atoms with E-state index in [9.17, 15) is 0 Å². The molecule has 0 saturated carbocycles. The topological polar surface area (TPSA) is 24.1 Å². The summed E-state index contributed by atoms with van der Waals surface area (Å²) in [5, 5.41) is 6.65. The van der Waals surface area contributed by atoms with E-state index in [0.29, 0.717) is 0 Å². The summed E-state index contributed by atoms with van der Waals surface area (Å²) in [5.41, 5.74) is 0. The molecule has 1 rings (SSSR count). The van der Waals surface area contributed by atoms with Gasteiger partial charge in [0.2, 0.25) is 0 Å². The lowest BCUT2D eigenvalue weighted by Crippen LogP contribution is -2.22. The van der Waals surface area contributed by atoms with Gasteiger partial charge >= 0.3 is 0 Å². The van der Waals surface area contributed by atoms with Crippen LogP contribution in [-0.4, -0.2) is 26.2 Å². The van der Waals surface area contributed by atoms with Crippen LogP contribution in [0.15, 0.2) is 0 Å². The average molecular weight is 142 g/mol. The molecule has 1 saturated heterocycles. The molecule has 0 radical (unpaired) electrons. The molecule has 2 N–H and O–H groups in total. The minimum Gasteiger partial charge on any atom is -0.320 e. The molecule has 2 nitrogen and oxygen atoms in total. The van der Waals surface area contributed by atoms with Gasteiger partial charge in [-0.2, -0.15) is 0 Å². The van der Waals surface area contributed by atoms with E-state index in [0.717, 1.165) is 12.6 Å². The number of hydrogen-bond donors (Lipinski definition) is 2. The van der Waals surface area contributed by atoms with Crippen LogP contribution in [-0.2, 0) is 0 Å². The van der Waals surface area contributed by atoms with Crippen LogP contribution in [0.2, 0.25) is 0 Å². The van der Waals surface area contributed by atoms with Crippen LogP contribution in [0.4, 0.5) is 0 Å². The van der Waals surface area contributed by atoms with E-state index >= 15 is 0 Å². The van der Waals surface area contributed by atoms with E-state index in [1.807, 2.05) is 7.05 Å². The van der Waals surface area contributed by atoms with E-state index in [4.69, 9.17) is 0 Å². The smallest absolute Gasteiger partial charge is 0.00680 e. The van der Waals surface area contributed by atoms with Crippen molar-refractivity contribution >= 4 is 0 Å². The Bertz CT molecular complexity index is 77.3. The summed E-state index contributed by atoms with van der Waals surface area (Å²) >= 11 is 0. The van der Waals surface area contributed by atoms with Gasteiger partial charge in [-0.15, -0.1) is 0 Å². The maximum atomic E-state index is 3.49. The summed E-state index contributed by atoms with van der Waals surface area (Å²) in [6, 6.07) is 0.827. The van der Waals surface area contributed by atoms with Crippen molar-refractivity contribution in [1.82, 2.24) is 10.6 Å². The molecule has 0 spiro atoms. The van der Waals surface area contributed by atoms with Gasteiger partial charge in [-0.1, -0.05) is 0 Å². The van der Waals surface area contributed by atoms with Gasteiger partial charge in [-0.3, -0.25) is 0 Å². The third-order valence-corrected chi connectivity index (χ3v) is 2.14. The first-order chi connectivity index (χ1) is 4.93. The zero-order valence-electron chi connectivity index (χ0n) is 6.82. The lowest BCUT2D eigenvalue weighted by atomic mass is 10.1. The summed E-state index contributed by atoms with van der Waals surface area (Å²) in [6.07, 6.45) is 5.43. The van der Waals surface area contributed by atoms with E-state index in [2.05, 4.69) is 10.6 Å². The van der Waals surface area contributed by atoms with Crippen molar-refractivity contribution in [2.24, 2.45) is 0 Å². The molecule has 1 aliphatic heterocycles. The highest BCUT2D eigenvalue weighted by atomic mass is 14.9. The number of nitrogens with one attached hydrogen (secondary N) is 2. The van der Waals surface area contributed by atoms with Crippen molar-refractivity contribution in [2.75, 3.05) is 20.1 Å². The van der Waals surface area contributed by atoms with Gasteiger partial charge in [-0.05, 0) is 45.8 Å². The summed E-state index contributed by atoms with van der Waals surface area (Å²) in [4.78, 5) is 0. The lowest BCUT2D eigenvalue weighted by Gasteiger charge is -2.08. The molecule has 0 aromatic carbocycles. The predicted octanol–water partition coefficient (Wildman–Crippen LogP) is 0.738. The van der Waals surface area contributed by atoms with Crippen molar-refractivity contribution < 1.29 is 0 Å². The van der Waals surface area contributed by atoms with Gasteiger partial charge in [0.05, 0.1) is 0 Å². The monoisotopic (exact) mass is 142 g/mol. The van der Waals surface area contributed by atoms with Gasteiger partial charge in [0.15, 0.2) is 0 Å². The van der Waals surface area contributed by atoms with Gasteiger partial charge in [-0.25, -0.2) is 0 Å². The molecule has 1 fully saturated rings. The Labute approximate surface area is 63.4 Å². The van der Waals surface area contributed by atoms with Gasteiger partial charge in [0.1, 0.15) is 0 Å². The Balaban J connectivity index is 1.91. The van der Waals surface area contributed by atoms with Crippen LogP contribution < -0.4 is 10.6 Å². The maximum Gasteiger partial charge on any atom is 0.00680 e. The Hall–Kier alpha value is -0.0800. The number of rotatable bonds is 4. The molecule has 0 aromatic heterocycles. The van der Waals surface area contributed by atoms with E-state index in [1.54, 1.807) is 0 Å². The molecule has 2 heteroatoms. The zero-order chi connectivity index (χ0) is 7.23. The fourth-order valence-corrected chi connectivity index (χ4v) is 1.53. The second kappa shape index (κ2) is 4.69. The van der Waals surface area contributed by atoms with Crippen molar-refractivity contribution in [2.45, 2.75) is 31.7 Å². The summed E-state index contributed by atoms with van der Waals surface area (Å²) in [6.45, 7) is 2.41. The minimum absolute atomic E-state index is 0.827. The first kappa shape index (κ1) is 8.02. The minimum atomic E-state index is 0.827. The van der Waals surface area contributed by atoms with Gasteiger partial charge in [0.25, 0.3) is 0 Å². The largest absolute Gasteiger partial charge is 0.320 e. The molecule has 10 heavy (non-hydrogen) atoms. The fourth-order valence-electron chi connectivity index (χ4n) is 1.53. The highest BCUT2D eigenvalue weighted by Crippen LogP contribution is 2.09. The Morgan fingerprint density at radius 2 is 2.50 bits per heavy atom. The second-order valence-corrected chi connectivity index (χ2v) is 3.04. The SMILES string of the molecule is CNCCCC1CCCN1. The molecular weight excluding hydrogens is 124 g/mol. The van der Waals surface area contributed by atoms with Crippen LogP contribution in [0.25, 0.3) is 0 Å². The van der Waals surface area contributed by atoms with Crippen molar-refractivity contribution in [3.8, 4) is 0 Å². The molecule has 1 unspecified atom stereocenters. The van der Waals surface area contributed by atoms with Gasteiger partial charge in [0, 0.05) is 6.04 Å². The second-order valence-electron chi connectivity index (χ2n) is 3.04. The molecule has 0 aromatic rings. The standard InChI is InChI=1S/C8H18N2/c1-9-6-2-4-8-5-3-7-10-8/h8-10H,2-7H2,1H3. The molecule has 1 aliphatic rings. The van der Waals surface area contributed by atoms with E-state index < -0.39 is 0 Å². The molecule has 60 valence electrons. The first-order valence-corrected chi connectivity index (χ1v) is 4.31. The predicted molar refractivity (Wildman–Crippen MR) is 44.2 cm³/mol. The van der Waals surface area contributed by atoms with Crippen LogP contribution in [0.1, 0.15) is 25.7 Å². The Kier molecular flexibility index (Phi) is 3.76. The quantitative estimate of drug-likeness (QED) is 0.566. The molecule has 1 heterocycles. The Morgan fingerprint density at radius 3 is 3.10 bits per heavy atom. The first-order valence-electron chi connectivity index (χ1n) is 4.31. The molecular formula is C8H18N2. The van der Waals surface area contributed by atoms with Crippen molar-refractivity contribution in [3.63, 3.8) is 0 Å². The van der Waals surface area contributed by atoms with Crippen molar-refractivity contribution in [3.05, 3.63) is 0 Å². The van der Waals surface area contributed by atoms with E-state index in [1.165, 1.54) is 32.2 Å². The zero-order valence-corrected chi connectivity index (χ0v) is 6.82. The normalized spacial score (nSPS) is 25.5. The fraction of sp³-hybridized carbons (Fsp3) is 1.00. The highest BCUT2D eigenvalue weighted by molar-refractivity contribution is 4.73. The lowest BCUT2D eigenvalue weighted by molar-refractivity contribution is 0.527. The third kappa shape index (κ3) is 2.67. The van der Waals surface area contributed by atoms with Crippen LogP contribution in [0.3, 0.4) is 0 Å². The Morgan fingerprint density at radius 1 is 1.60 bits per heavy atom. The molecule has 0 amide bonds. The highest BCUT2D eigenvalue weighted by Gasteiger charge is 2.12. The molecule has 0 bridgehead atoms. The van der Waals surface area contributed by atoms with Gasteiger partial charge < -0.3 is 10.6 Å². The average Bonchev–Trinajstić information content (AvgIpc) is 2.41.